The summed E-state index contributed by atoms with van der Waals surface area (Å²) in [5, 5.41) is 3.34. The first kappa shape index (κ1) is 15.4. The molecule has 1 saturated heterocycles. The molecule has 1 fully saturated rings. The Hall–Kier alpha value is -2.50. The molecule has 3 rings (SSSR count). The molecule has 1 aliphatic heterocycles. The van der Waals surface area contributed by atoms with Gasteiger partial charge in [-0.3, -0.25) is 14.7 Å². The van der Waals surface area contributed by atoms with Crippen molar-refractivity contribution in [2.24, 2.45) is 5.92 Å². The number of fused-ring (bicyclic) bond motifs is 1. The second-order valence-corrected chi connectivity index (χ2v) is 6.20. The van der Waals surface area contributed by atoms with Crippen LogP contribution in [0.5, 0.6) is 0 Å². The quantitative estimate of drug-likeness (QED) is 0.883. The molecular formula is C17H18FN3O2. The van der Waals surface area contributed by atoms with Crippen LogP contribution in [-0.2, 0) is 11.3 Å². The number of nitrogens with one attached hydrogen (secondary N) is 1. The van der Waals surface area contributed by atoms with Crippen LogP contribution in [0.3, 0.4) is 0 Å². The van der Waals surface area contributed by atoms with Crippen LogP contribution in [0.4, 0.5) is 9.18 Å². The fraction of sp³-hybridized carbons (Fsp3) is 0.353. The first-order valence-electron chi connectivity index (χ1n) is 7.60. The van der Waals surface area contributed by atoms with Gasteiger partial charge in [-0.25, -0.2) is 9.18 Å². The molecule has 1 aromatic heterocycles. The van der Waals surface area contributed by atoms with Crippen molar-refractivity contribution in [3.05, 3.63) is 41.8 Å². The van der Waals surface area contributed by atoms with Gasteiger partial charge in [-0.05, 0) is 30.5 Å². The van der Waals surface area contributed by atoms with Gasteiger partial charge < -0.3 is 5.32 Å². The zero-order valence-electron chi connectivity index (χ0n) is 13.0. The predicted molar refractivity (Wildman–Crippen MR) is 84.0 cm³/mol. The van der Waals surface area contributed by atoms with Crippen molar-refractivity contribution in [1.82, 2.24) is 15.2 Å². The van der Waals surface area contributed by atoms with Gasteiger partial charge in [0.2, 0.25) is 0 Å². The smallest absolute Gasteiger partial charge is 0.325 e. The lowest BCUT2D eigenvalue weighted by molar-refractivity contribution is -0.128. The molecule has 6 heteroatoms. The number of hydrogen-bond donors (Lipinski definition) is 1. The Morgan fingerprint density at radius 1 is 1.35 bits per heavy atom. The molecule has 1 aromatic carbocycles. The number of carbonyl (C=O) groups excluding carboxylic acids is 2. The lowest BCUT2D eigenvalue weighted by Crippen LogP contribution is -2.31. The lowest BCUT2D eigenvalue weighted by atomic mass is 10.0. The Bertz CT molecular complexity index is 776. The topological polar surface area (TPSA) is 62.3 Å². The number of aromatic nitrogens is 1. The summed E-state index contributed by atoms with van der Waals surface area (Å²) in [4.78, 5) is 29.9. The molecule has 0 bridgehead atoms. The molecule has 3 amide bonds. The molecule has 0 spiro atoms. The zero-order chi connectivity index (χ0) is 16.6. The molecule has 0 unspecified atom stereocenters. The molecule has 2 heterocycles. The summed E-state index contributed by atoms with van der Waals surface area (Å²) in [6, 6.07) is 5.25. The highest BCUT2D eigenvalue weighted by molar-refractivity contribution is 6.04. The zero-order valence-corrected chi connectivity index (χ0v) is 13.0. The van der Waals surface area contributed by atoms with Crippen LogP contribution in [0.15, 0.2) is 30.5 Å². The van der Waals surface area contributed by atoms with Crippen molar-refractivity contribution in [2.45, 2.75) is 32.9 Å². The van der Waals surface area contributed by atoms with Gasteiger partial charge in [0, 0.05) is 17.1 Å². The molecule has 1 N–H and O–H groups in total. The van der Waals surface area contributed by atoms with E-state index in [-0.39, 0.29) is 12.5 Å². The summed E-state index contributed by atoms with van der Waals surface area (Å²) in [5.74, 6) is -0.385. The van der Waals surface area contributed by atoms with Crippen LogP contribution < -0.4 is 5.32 Å². The maximum atomic E-state index is 13.8. The Balaban J connectivity index is 1.90. The average molecular weight is 315 g/mol. The minimum atomic E-state index is -0.504. The van der Waals surface area contributed by atoms with E-state index in [1.54, 1.807) is 18.3 Å². The summed E-state index contributed by atoms with van der Waals surface area (Å²) >= 11 is 0. The van der Waals surface area contributed by atoms with Crippen molar-refractivity contribution < 1.29 is 14.0 Å². The highest BCUT2D eigenvalue weighted by Crippen LogP contribution is 2.22. The Morgan fingerprint density at radius 3 is 2.87 bits per heavy atom. The van der Waals surface area contributed by atoms with E-state index in [4.69, 9.17) is 0 Å². The van der Waals surface area contributed by atoms with Crippen LogP contribution in [0.25, 0.3) is 10.9 Å². The monoisotopic (exact) mass is 315 g/mol. The number of halogens is 1. The molecule has 120 valence electrons. The molecule has 1 aliphatic rings. The van der Waals surface area contributed by atoms with E-state index >= 15 is 0 Å². The third-order valence-electron chi connectivity index (χ3n) is 3.89. The first-order valence-corrected chi connectivity index (χ1v) is 7.60. The maximum absolute atomic E-state index is 13.8. The van der Waals surface area contributed by atoms with Crippen molar-refractivity contribution in [3.8, 4) is 0 Å². The number of carbonyl (C=O) groups is 2. The van der Waals surface area contributed by atoms with E-state index in [9.17, 15) is 14.0 Å². The number of nitrogens with zero attached hydrogens (tertiary/aromatic N) is 2. The van der Waals surface area contributed by atoms with Crippen LogP contribution in [0.1, 0.15) is 25.8 Å². The standard InChI is InChI=1S/C17H18FN3O2/c1-10(2)6-14-16(22)21(17(23)20-14)9-12-8-13(18)7-11-4-3-5-19-15(11)12/h3-5,7-8,10,14H,6,9H2,1-2H3,(H,20,23)/t14-/m0/s1. The Morgan fingerprint density at radius 2 is 2.13 bits per heavy atom. The van der Waals surface area contributed by atoms with Gasteiger partial charge in [-0.1, -0.05) is 19.9 Å². The second kappa shape index (κ2) is 5.95. The van der Waals surface area contributed by atoms with E-state index in [2.05, 4.69) is 10.3 Å². The highest BCUT2D eigenvalue weighted by atomic mass is 19.1. The molecule has 0 saturated carbocycles. The Kier molecular flexibility index (Phi) is 3.98. The largest absolute Gasteiger partial charge is 0.326 e. The third-order valence-corrected chi connectivity index (χ3v) is 3.89. The SMILES string of the molecule is CC(C)C[C@@H]1NC(=O)N(Cc2cc(F)cc3cccnc23)C1=O. The number of rotatable bonds is 4. The number of imide groups is 1. The van der Waals surface area contributed by atoms with E-state index in [0.717, 1.165) is 4.90 Å². The molecule has 2 aromatic rings. The summed E-state index contributed by atoms with van der Waals surface area (Å²) in [7, 11) is 0. The molecule has 23 heavy (non-hydrogen) atoms. The van der Waals surface area contributed by atoms with E-state index < -0.39 is 17.9 Å². The van der Waals surface area contributed by atoms with Crippen LogP contribution >= 0.6 is 0 Å². The van der Waals surface area contributed by atoms with Crippen molar-refractivity contribution in [3.63, 3.8) is 0 Å². The molecule has 5 nitrogen and oxygen atoms in total. The summed E-state index contributed by atoms with van der Waals surface area (Å²) < 4.78 is 13.8. The van der Waals surface area contributed by atoms with E-state index in [0.29, 0.717) is 28.8 Å². The molecule has 0 aliphatic carbocycles. The van der Waals surface area contributed by atoms with Crippen LogP contribution in [0.2, 0.25) is 0 Å². The predicted octanol–water partition coefficient (Wildman–Crippen LogP) is 2.84. The molecular weight excluding hydrogens is 297 g/mol. The highest BCUT2D eigenvalue weighted by Gasteiger charge is 2.38. The number of amides is 3. The molecule has 0 radical (unpaired) electrons. The lowest BCUT2D eigenvalue weighted by Gasteiger charge is -2.15. The van der Waals surface area contributed by atoms with Gasteiger partial charge in [0.25, 0.3) is 5.91 Å². The van der Waals surface area contributed by atoms with Crippen molar-refractivity contribution in [1.29, 1.82) is 0 Å². The summed E-state index contributed by atoms with van der Waals surface area (Å²) in [5.41, 5.74) is 1.12. The van der Waals surface area contributed by atoms with E-state index in [1.807, 2.05) is 13.8 Å². The van der Waals surface area contributed by atoms with Gasteiger partial charge in [-0.2, -0.15) is 0 Å². The van der Waals surface area contributed by atoms with Crippen molar-refractivity contribution >= 4 is 22.8 Å². The van der Waals surface area contributed by atoms with Crippen molar-refractivity contribution in [2.75, 3.05) is 0 Å². The third kappa shape index (κ3) is 3.02. The summed E-state index contributed by atoms with van der Waals surface area (Å²) in [6.45, 7) is 4.00. The number of hydrogen-bond acceptors (Lipinski definition) is 3. The average Bonchev–Trinajstić information content (AvgIpc) is 2.74. The molecule has 1 atom stereocenters. The first-order chi connectivity index (χ1) is 11.0. The fourth-order valence-electron chi connectivity index (χ4n) is 2.88. The minimum absolute atomic E-state index is 0.0184. The normalized spacial score (nSPS) is 18.1. The number of benzene rings is 1. The fourth-order valence-corrected chi connectivity index (χ4v) is 2.88. The van der Waals surface area contributed by atoms with E-state index in [1.165, 1.54) is 12.1 Å². The minimum Gasteiger partial charge on any atom is -0.326 e. The second-order valence-electron chi connectivity index (χ2n) is 6.20. The van der Waals surface area contributed by atoms with Gasteiger partial charge in [-0.15, -0.1) is 0 Å². The number of urea groups is 1. The van der Waals surface area contributed by atoms with Gasteiger partial charge >= 0.3 is 6.03 Å². The number of pyridine rings is 1. The van der Waals surface area contributed by atoms with Crippen LogP contribution in [-0.4, -0.2) is 27.9 Å². The van der Waals surface area contributed by atoms with Gasteiger partial charge in [0.15, 0.2) is 0 Å². The van der Waals surface area contributed by atoms with Crippen LogP contribution in [0, 0.1) is 11.7 Å². The summed E-state index contributed by atoms with van der Waals surface area (Å²) in [6.07, 6.45) is 2.19. The van der Waals surface area contributed by atoms with Gasteiger partial charge in [0.05, 0.1) is 12.1 Å². The maximum Gasteiger partial charge on any atom is 0.325 e. The van der Waals surface area contributed by atoms with Gasteiger partial charge in [0.1, 0.15) is 11.9 Å². The Labute approximate surface area is 133 Å².